The van der Waals surface area contributed by atoms with Crippen molar-refractivity contribution >= 4 is 5.97 Å². The van der Waals surface area contributed by atoms with Crippen LogP contribution in [0.5, 0.6) is 0 Å². The van der Waals surface area contributed by atoms with Gasteiger partial charge >= 0.3 is 5.97 Å². The fourth-order valence-electron chi connectivity index (χ4n) is 1.90. The first kappa shape index (κ1) is 11.9. The van der Waals surface area contributed by atoms with E-state index in [1.54, 1.807) is 0 Å². The number of carbonyl (C=O) groups is 1. The van der Waals surface area contributed by atoms with Crippen LogP contribution < -0.4 is 0 Å². The zero-order chi connectivity index (χ0) is 12.6. The van der Waals surface area contributed by atoms with E-state index in [9.17, 15) is 18.0 Å². The molecule has 0 amide bonds. The fourth-order valence-corrected chi connectivity index (χ4v) is 1.90. The minimum Gasteiger partial charge on any atom is -0.481 e. The molecule has 3 nitrogen and oxygen atoms in total. The van der Waals surface area contributed by atoms with Crippen molar-refractivity contribution in [2.45, 2.75) is 12.5 Å². The van der Waals surface area contributed by atoms with Crippen LogP contribution in [0.4, 0.5) is 13.2 Å². The summed E-state index contributed by atoms with van der Waals surface area (Å²) < 4.78 is 44.2. The average Bonchev–Trinajstić information content (AvgIpc) is 2.72. The Bertz CT molecular complexity index is 462. The summed E-state index contributed by atoms with van der Waals surface area (Å²) in [6.07, 6.45) is -0.846. The van der Waals surface area contributed by atoms with Crippen LogP contribution in [-0.4, -0.2) is 17.7 Å². The molecule has 0 aliphatic carbocycles. The fraction of sp³-hybridized carbons (Fsp3) is 0.364. The summed E-state index contributed by atoms with van der Waals surface area (Å²) in [6, 6.07) is 1.04. The van der Waals surface area contributed by atoms with Gasteiger partial charge in [0.1, 0.15) is 5.82 Å². The van der Waals surface area contributed by atoms with Gasteiger partial charge < -0.3 is 9.84 Å². The van der Waals surface area contributed by atoms with E-state index in [2.05, 4.69) is 0 Å². The lowest BCUT2D eigenvalue weighted by Gasteiger charge is -2.16. The Kier molecular flexibility index (Phi) is 3.06. The van der Waals surface area contributed by atoms with Crippen molar-refractivity contribution in [2.75, 3.05) is 6.61 Å². The molecule has 0 aromatic heterocycles. The maximum atomic E-state index is 13.4. The van der Waals surface area contributed by atoms with Gasteiger partial charge in [0.15, 0.2) is 11.6 Å². The molecular formula is C11H9F3O3. The highest BCUT2D eigenvalue weighted by Gasteiger charge is 2.37. The third-order valence-electron chi connectivity index (χ3n) is 2.76. The lowest BCUT2D eigenvalue weighted by molar-refractivity contribution is -0.143. The van der Waals surface area contributed by atoms with Gasteiger partial charge in [-0.05, 0) is 12.5 Å². The number of benzene rings is 1. The number of carboxylic acids is 1. The molecule has 0 saturated carbocycles. The molecule has 2 unspecified atom stereocenters. The van der Waals surface area contributed by atoms with Gasteiger partial charge in [-0.1, -0.05) is 0 Å². The summed E-state index contributed by atoms with van der Waals surface area (Å²) in [5.74, 6) is -5.61. The number of rotatable bonds is 2. The van der Waals surface area contributed by atoms with Gasteiger partial charge in [0, 0.05) is 18.2 Å². The predicted molar refractivity (Wildman–Crippen MR) is 50.8 cm³/mol. The van der Waals surface area contributed by atoms with E-state index in [0.29, 0.717) is 12.1 Å². The smallest absolute Gasteiger partial charge is 0.309 e. The molecule has 1 N–H and O–H groups in total. The van der Waals surface area contributed by atoms with Crippen molar-refractivity contribution in [3.05, 3.63) is 35.1 Å². The Hall–Kier alpha value is -1.56. The Morgan fingerprint density at radius 1 is 1.24 bits per heavy atom. The van der Waals surface area contributed by atoms with E-state index in [-0.39, 0.29) is 18.6 Å². The largest absolute Gasteiger partial charge is 0.481 e. The standard InChI is InChI=1S/C11H9F3O3/c12-7-4-9(14)8(13)3-6(7)10-5(11(15)16)1-2-17-10/h3-5,10H,1-2H2,(H,15,16). The first-order valence-electron chi connectivity index (χ1n) is 4.99. The molecule has 2 atom stereocenters. The molecule has 92 valence electrons. The molecule has 1 aromatic rings. The van der Waals surface area contributed by atoms with E-state index >= 15 is 0 Å². The second-order valence-corrected chi connectivity index (χ2v) is 3.81. The molecule has 0 radical (unpaired) electrons. The summed E-state index contributed by atoms with van der Waals surface area (Å²) in [5.41, 5.74) is -0.256. The van der Waals surface area contributed by atoms with Gasteiger partial charge in [-0.3, -0.25) is 4.79 Å². The molecule has 6 heteroatoms. The van der Waals surface area contributed by atoms with E-state index in [0.717, 1.165) is 0 Å². The van der Waals surface area contributed by atoms with E-state index in [1.165, 1.54) is 0 Å². The molecule has 1 aromatic carbocycles. The van der Waals surface area contributed by atoms with Crippen molar-refractivity contribution in [3.8, 4) is 0 Å². The van der Waals surface area contributed by atoms with Gasteiger partial charge in [0.2, 0.25) is 0 Å². The maximum absolute atomic E-state index is 13.4. The average molecular weight is 246 g/mol. The quantitative estimate of drug-likeness (QED) is 0.814. The van der Waals surface area contributed by atoms with Crippen molar-refractivity contribution < 1.29 is 27.8 Å². The Morgan fingerprint density at radius 3 is 2.53 bits per heavy atom. The molecule has 2 rings (SSSR count). The number of ether oxygens (including phenoxy) is 1. The highest BCUT2D eigenvalue weighted by atomic mass is 19.2. The van der Waals surface area contributed by atoms with Crippen LogP contribution in [0.25, 0.3) is 0 Å². The van der Waals surface area contributed by atoms with Crippen LogP contribution in [0.3, 0.4) is 0 Å². The highest BCUT2D eigenvalue weighted by Crippen LogP contribution is 2.36. The number of hydrogen-bond acceptors (Lipinski definition) is 2. The van der Waals surface area contributed by atoms with Crippen molar-refractivity contribution in [1.82, 2.24) is 0 Å². The van der Waals surface area contributed by atoms with Crippen LogP contribution >= 0.6 is 0 Å². The van der Waals surface area contributed by atoms with Gasteiger partial charge in [-0.25, -0.2) is 13.2 Å². The zero-order valence-electron chi connectivity index (χ0n) is 8.62. The number of aliphatic carboxylic acids is 1. The molecule has 1 aliphatic rings. The number of carboxylic acid groups (broad SMARTS) is 1. The normalized spacial score (nSPS) is 23.9. The highest BCUT2D eigenvalue weighted by molar-refractivity contribution is 5.71. The Morgan fingerprint density at radius 2 is 1.88 bits per heavy atom. The summed E-state index contributed by atoms with van der Waals surface area (Å²) >= 11 is 0. The van der Waals surface area contributed by atoms with E-state index < -0.39 is 35.4 Å². The molecular weight excluding hydrogens is 237 g/mol. The van der Waals surface area contributed by atoms with Crippen LogP contribution in [0, 0.1) is 23.4 Å². The Labute approximate surface area is 94.8 Å². The first-order valence-corrected chi connectivity index (χ1v) is 4.99. The maximum Gasteiger partial charge on any atom is 0.309 e. The second-order valence-electron chi connectivity index (χ2n) is 3.81. The minimum absolute atomic E-state index is 0.153. The third-order valence-corrected chi connectivity index (χ3v) is 2.76. The third kappa shape index (κ3) is 2.12. The molecule has 1 heterocycles. The van der Waals surface area contributed by atoms with Gasteiger partial charge in [-0.2, -0.15) is 0 Å². The van der Waals surface area contributed by atoms with E-state index in [1.807, 2.05) is 0 Å². The Balaban J connectivity index is 2.40. The summed E-state index contributed by atoms with van der Waals surface area (Å²) in [6.45, 7) is 0.153. The van der Waals surface area contributed by atoms with Crippen LogP contribution in [0.1, 0.15) is 18.1 Å². The number of halogens is 3. The van der Waals surface area contributed by atoms with Crippen LogP contribution in [-0.2, 0) is 9.53 Å². The molecule has 17 heavy (non-hydrogen) atoms. The van der Waals surface area contributed by atoms with Crippen molar-refractivity contribution in [1.29, 1.82) is 0 Å². The van der Waals surface area contributed by atoms with Gasteiger partial charge in [0.25, 0.3) is 0 Å². The summed E-state index contributed by atoms with van der Waals surface area (Å²) in [4.78, 5) is 10.9. The minimum atomic E-state index is -1.31. The lowest BCUT2D eigenvalue weighted by atomic mass is 9.95. The van der Waals surface area contributed by atoms with Gasteiger partial charge in [0.05, 0.1) is 12.0 Å². The first-order chi connectivity index (χ1) is 8.00. The molecule has 1 aliphatic heterocycles. The molecule has 0 spiro atoms. The zero-order valence-corrected chi connectivity index (χ0v) is 8.62. The van der Waals surface area contributed by atoms with Crippen molar-refractivity contribution in [3.63, 3.8) is 0 Å². The summed E-state index contributed by atoms with van der Waals surface area (Å²) in [5, 5.41) is 8.89. The van der Waals surface area contributed by atoms with Crippen LogP contribution in [0.2, 0.25) is 0 Å². The van der Waals surface area contributed by atoms with E-state index in [4.69, 9.17) is 9.84 Å². The number of hydrogen-bond donors (Lipinski definition) is 1. The molecule has 1 fully saturated rings. The summed E-state index contributed by atoms with van der Waals surface area (Å²) in [7, 11) is 0. The molecule has 1 saturated heterocycles. The van der Waals surface area contributed by atoms with Crippen LogP contribution in [0.15, 0.2) is 12.1 Å². The SMILES string of the molecule is O=C(O)C1CCOC1c1cc(F)c(F)cc1F. The van der Waals surface area contributed by atoms with Gasteiger partial charge in [-0.15, -0.1) is 0 Å². The topological polar surface area (TPSA) is 46.5 Å². The lowest BCUT2D eigenvalue weighted by Crippen LogP contribution is -2.18. The molecule has 0 bridgehead atoms. The van der Waals surface area contributed by atoms with Crippen molar-refractivity contribution in [2.24, 2.45) is 5.92 Å². The monoisotopic (exact) mass is 246 g/mol. The second kappa shape index (κ2) is 4.37. The predicted octanol–water partition coefficient (Wildman–Crippen LogP) is 2.27.